The number of fused-ring (bicyclic) bond motifs is 3. The first kappa shape index (κ1) is 25.4. The second-order valence-corrected chi connectivity index (χ2v) is 9.90. The molecule has 0 unspecified atom stereocenters. The zero-order valence-electron chi connectivity index (χ0n) is 21.8. The summed E-state index contributed by atoms with van der Waals surface area (Å²) in [7, 11) is 1.61. The van der Waals surface area contributed by atoms with Crippen LogP contribution >= 0.6 is 0 Å². The third kappa shape index (κ3) is 4.52. The van der Waals surface area contributed by atoms with Crippen LogP contribution in [0.25, 0.3) is 33.1 Å². The average Bonchev–Trinajstić information content (AvgIpc) is 3.47. The van der Waals surface area contributed by atoms with Crippen LogP contribution in [0.15, 0.2) is 47.1 Å². The highest BCUT2D eigenvalue weighted by molar-refractivity contribution is 6.05. The molecule has 39 heavy (non-hydrogen) atoms. The number of pyridine rings is 1. The summed E-state index contributed by atoms with van der Waals surface area (Å²) >= 11 is 0. The third-order valence-electron chi connectivity index (χ3n) is 7.43. The van der Waals surface area contributed by atoms with Gasteiger partial charge in [0.05, 0.1) is 41.2 Å². The number of ether oxygens (including phenoxy) is 2. The van der Waals surface area contributed by atoms with Gasteiger partial charge in [0.1, 0.15) is 22.9 Å². The van der Waals surface area contributed by atoms with Gasteiger partial charge in [-0.05, 0) is 56.5 Å². The molecule has 3 aromatic heterocycles. The largest absolute Gasteiger partial charge is 0.496 e. The number of nitrogens with zero attached hydrogens (tertiary/aromatic N) is 4. The van der Waals surface area contributed by atoms with Gasteiger partial charge in [-0.3, -0.25) is 4.98 Å². The van der Waals surface area contributed by atoms with E-state index in [4.69, 9.17) is 24.0 Å². The minimum absolute atomic E-state index is 0.166. The van der Waals surface area contributed by atoms with Crippen molar-refractivity contribution in [2.45, 2.75) is 45.3 Å². The number of rotatable bonds is 5. The molecule has 0 spiro atoms. The maximum Gasteiger partial charge on any atom is 0.416 e. The van der Waals surface area contributed by atoms with Crippen LogP contribution < -0.4 is 4.74 Å². The van der Waals surface area contributed by atoms with Gasteiger partial charge in [-0.25, -0.2) is 4.98 Å². The van der Waals surface area contributed by atoms with E-state index in [2.05, 4.69) is 9.72 Å². The lowest BCUT2D eigenvalue weighted by Crippen LogP contribution is -2.18. The molecule has 2 aromatic carbocycles. The van der Waals surface area contributed by atoms with E-state index in [-0.39, 0.29) is 5.92 Å². The summed E-state index contributed by atoms with van der Waals surface area (Å²) in [5.41, 5.74) is 4.85. The van der Waals surface area contributed by atoms with Gasteiger partial charge in [0.15, 0.2) is 0 Å². The lowest BCUT2D eigenvalue weighted by molar-refractivity contribution is -0.137. The Kier molecular flexibility index (Phi) is 6.29. The fourth-order valence-electron chi connectivity index (χ4n) is 5.50. The van der Waals surface area contributed by atoms with E-state index in [0.717, 1.165) is 75.1 Å². The Morgan fingerprint density at radius 2 is 1.79 bits per heavy atom. The predicted molar refractivity (Wildman–Crippen MR) is 140 cm³/mol. The van der Waals surface area contributed by atoms with Gasteiger partial charge < -0.3 is 18.6 Å². The molecule has 0 bridgehead atoms. The number of hydrogen-bond acceptors (Lipinski definition) is 6. The molecule has 1 aliphatic rings. The Morgan fingerprint density at radius 3 is 2.44 bits per heavy atom. The quantitative estimate of drug-likeness (QED) is 0.245. The number of halogens is 3. The molecular formula is C29H27F3N4O3. The summed E-state index contributed by atoms with van der Waals surface area (Å²) in [5, 5.41) is 4.93. The van der Waals surface area contributed by atoms with Gasteiger partial charge in [0.25, 0.3) is 0 Å². The Morgan fingerprint density at radius 1 is 1.05 bits per heavy atom. The SMILES string of the molecule is COc1cc2c(cc1-c1c(C)noc1C)ncc1nc(C3CCOCC3)n(Cc3ccc(C(F)(F)F)cc3)c12. The van der Waals surface area contributed by atoms with Crippen molar-refractivity contribution >= 4 is 21.9 Å². The molecule has 1 saturated heterocycles. The molecule has 0 aliphatic carbocycles. The van der Waals surface area contributed by atoms with Crippen LogP contribution in [0.3, 0.4) is 0 Å². The number of methoxy groups -OCH3 is 1. The molecular weight excluding hydrogens is 509 g/mol. The minimum atomic E-state index is -4.38. The van der Waals surface area contributed by atoms with Crippen molar-refractivity contribution in [3.8, 4) is 16.9 Å². The molecule has 0 amide bonds. The molecule has 1 aliphatic heterocycles. The van der Waals surface area contributed by atoms with Crippen molar-refractivity contribution in [3.63, 3.8) is 0 Å². The summed E-state index contributed by atoms with van der Waals surface area (Å²) in [6.45, 7) is 5.39. The van der Waals surface area contributed by atoms with Crippen molar-refractivity contribution in [1.82, 2.24) is 19.7 Å². The van der Waals surface area contributed by atoms with Crippen molar-refractivity contribution in [2.24, 2.45) is 0 Å². The third-order valence-corrected chi connectivity index (χ3v) is 7.43. The molecule has 10 heteroatoms. The number of aryl methyl sites for hydroxylation is 2. The monoisotopic (exact) mass is 536 g/mol. The van der Waals surface area contributed by atoms with Gasteiger partial charge in [0, 0.05) is 36.6 Å². The Bertz CT molecular complexity index is 1650. The van der Waals surface area contributed by atoms with Crippen LogP contribution in [0, 0.1) is 13.8 Å². The zero-order valence-corrected chi connectivity index (χ0v) is 21.8. The second kappa shape index (κ2) is 9.68. The van der Waals surface area contributed by atoms with Crippen LogP contribution in [0.4, 0.5) is 13.2 Å². The molecule has 202 valence electrons. The Labute approximate surface area is 222 Å². The molecule has 7 nitrogen and oxygen atoms in total. The van der Waals surface area contributed by atoms with E-state index >= 15 is 0 Å². The topological polar surface area (TPSA) is 75.2 Å². The van der Waals surface area contributed by atoms with Crippen LogP contribution in [0.2, 0.25) is 0 Å². The first-order chi connectivity index (χ1) is 18.7. The highest BCUT2D eigenvalue weighted by Gasteiger charge is 2.30. The smallest absolute Gasteiger partial charge is 0.416 e. The molecule has 4 heterocycles. The molecule has 5 aromatic rings. The maximum absolute atomic E-state index is 13.2. The van der Waals surface area contributed by atoms with Gasteiger partial charge in [0.2, 0.25) is 0 Å². The number of alkyl halides is 3. The number of aromatic nitrogens is 4. The fraction of sp³-hybridized carbons (Fsp3) is 0.345. The van der Waals surface area contributed by atoms with Crippen LogP contribution in [0.5, 0.6) is 5.75 Å². The van der Waals surface area contributed by atoms with Crippen molar-refractivity contribution in [3.05, 3.63) is 71.0 Å². The van der Waals surface area contributed by atoms with Crippen LogP contribution in [0.1, 0.15) is 47.2 Å². The lowest BCUT2D eigenvalue weighted by Gasteiger charge is -2.23. The molecule has 0 saturated carbocycles. The Balaban J connectivity index is 1.55. The maximum atomic E-state index is 13.2. The second-order valence-electron chi connectivity index (χ2n) is 9.90. The Hall–Kier alpha value is -3.92. The zero-order chi connectivity index (χ0) is 27.3. The fourth-order valence-corrected chi connectivity index (χ4v) is 5.50. The predicted octanol–water partition coefficient (Wildman–Crippen LogP) is 6.83. The van der Waals surface area contributed by atoms with E-state index in [1.807, 2.05) is 26.0 Å². The number of imidazole rings is 1. The van der Waals surface area contributed by atoms with Crippen LogP contribution in [-0.2, 0) is 17.5 Å². The summed E-state index contributed by atoms with van der Waals surface area (Å²) in [6, 6.07) is 9.22. The molecule has 0 N–H and O–H groups in total. The van der Waals surface area contributed by atoms with Gasteiger partial charge >= 0.3 is 6.18 Å². The van der Waals surface area contributed by atoms with Gasteiger partial charge in [-0.2, -0.15) is 13.2 Å². The average molecular weight is 537 g/mol. The molecule has 0 radical (unpaired) electrons. The van der Waals surface area contributed by atoms with Gasteiger partial charge in [-0.15, -0.1) is 0 Å². The normalized spacial score (nSPS) is 14.9. The summed E-state index contributed by atoms with van der Waals surface area (Å²) < 4.78 is 58.5. The standard InChI is InChI=1S/C29H27F3N4O3/c1-16-26(17(2)39-35-16)22-12-23-21(13-25(22)37-3)27-24(14-33-23)34-28(19-8-10-38-11-9-19)36(27)15-18-4-6-20(7-5-18)29(30,31)32/h4-7,12-14,19H,8-11,15H2,1-3H3. The van der Waals surface area contributed by atoms with Crippen molar-refractivity contribution in [1.29, 1.82) is 0 Å². The van der Waals surface area contributed by atoms with Crippen molar-refractivity contribution in [2.75, 3.05) is 20.3 Å². The summed E-state index contributed by atoms with van der Waals surface area (Å²) in [6.07, 6.45) is -0.986. The summed E-state index contributed by atoms with van der Waals surface area (Å²) in [5.74, 6) is 2.37. The number of benzene rings is 2. The van der Waals surface area contributed by atoms with E-state index in [1.165, 1.54) is 12.1 Å². The molecule has 0 atom stereocenters. The minimum Gasteiger partial charge on any atom is -0.496 e. The van der Waals surface area contributed by atoms with Crippen LogP contribution in [-0.4, -0.2) is 40.0 Å². The number of hydrogen-bond donors (Lipinski definition) is 0. The van der Waals surface area contributed by atoms with Crippen molar-refractivity contribution < 1.29 is 27.2 Å². The highest BCUT2D eigenvalue weighted by Crippen LogP contribution is 2.40. The van der Waals surface area contributed by atoms with E-state index in [9.17, 15) is 13.2 Å². The summed E-state index contributed by atoms with van der Waals surface area (Å²) in [4.78, 5) is 9.72. The molecule has 6 rings (SSSR count). The first-order valence-corrected chi connectivity index (χ1v) is 12.8. The highest BCUT2D eigenvalue weighted by atomic mass is 19.4. The molecule has 1 fully saturated rings. The van der Waals surface area contributed by atoms with E-state index in [1.54, 1.807) is 13.3 Å². The lowest BCUT2D eigenvalue weighted by atomic mass is 9.99. The van der Waals surface area contributed by atoms with Gasteiger partial charge in [-0.1, -0.05) is 17.3 Å². The first-order valence-electron chi connectivity index (χ1n) is 12.8. The van der Waals surface area contributed by atoms with E-state index in [0.29, 0.717) is 31.3 Å². The van der Waals surface area contributed by atoms with E-state index < -0.39 is 11.7 Å².